The van der Waals surface area contributed by atoms with E-state index in [1.165, 1.54) is 12.8 Å². The molecule has 0 saturated heterocycles. The van der Waals surface area contributed by atoms with Gasteiger partial charge < -0.3 is 9.88 Å². The van der Waals surface area contributed by atoms with Crippen LogP contribution in [0.1, 0.15) is 54.4 Å². The largest absolute Gasteiger partial charge is 0.346 e. The van der Waals surface area contributed by atoms with Crippen molar-refractivity contribution in [2.75, 3.05) is 0 Å². The lowest BCUT2D eigenvalue weighted by atomic mass is 10.1. The fourth-order valence-corrected chi connectivity index (χ4v) is 4.36. The first kappa shape index (κ1) is 19.7. The third-order valence-corrected chi connectivity index (χ3v) is 6.10. The molecule has 3 aromatic rings. The van der Waals surface area contributed by atoms with Crippen LogP contribution in [0, 0.1) is 0 Å². The average molecular weight is 409 g/mol. The first-order valence-corrected chi connectivity index (χ1v) is 10.7. The van der Waals surface area contributed by atoms with Crippen molar-refractivity contribution in [1.82, 2.24) is 9.88 Å². The number of Topliss-reactive ketones (excluding diaryl/α,β-unsaturated/α-hetero) is 1. The van der Waals surface area contributed by atoms with Crippen LogP contribution in [0.4, 0.5) is 0 Å². The van der Waals surface area contributed by atoms with E-state index in [0.29, 0.717) is 17.1 Å². The fourth-order valence-electron chi connectivity index (χ4n) is 4.17. The second kappa shape index (κ2) is 8.83. The lowest BCUT2D eigenvalue weighted by molar-refractivity contribution is -0.117. The number of hydrogen-bond acceptors (Lipinski definition) is 2. The third-order valence-electron chi connectivity index (χ3n) is 5.73. The van der Waals surface area contributed by atoms with Gasteiger partial charge in [0, 0.05) is 34.7 Å². The molecule has 4 nitrogen and oxygen atoms in total. The number of benzene rings is 2. The predicted octanol–water partition coefficient (Wildman–Crippen LogP) is 5.36. The average Bonchev–Trinajstić information content (AvgIpc) is 2.90. The van der Waals surface area contributed by atoms with Gasteiger partial charge in [-0.2, -0.15) is 0 Å². The molecule has 1 N–H and O–H groups in total. The zero-order valence-electron chi connectivity index (χ0n) is 16.4. The minimum Gasteiger partial charge on any atom is -0.346 e. The van der Waals surface area contributed by atoms with Crippen LogP contribution in [0.3, 0.4) is 0 Å². The molecule has 1 amide bonds. The summed E-state index contributed by atoms with van der Waals surface area (Å²) >= 11 is 6.32. The second-order valence-corrected chi connectivity index (χ2v) is 8.18. The molecule has 0 atom stereocenters. The van der Waals surface area contributed by atoms with Gasteiger partial charge >= 0.3 is 0 Å². The maximum atomic E-state index is 13.0. The normalized spacial score (nSPS) is 15.2. The number of halogens is 1. The van der Waals surface area contributed by atoms with Gasteiger partial charge in [0.15, 0.2) is 0 Å². The molecular formula is C24H25ClN2O2. The zero-order chi connectivity index (χ0) is 20.2. The molecular weight excluding hydrogens is 384 g/mol. The molecule has 0 unspecified atom stereocenters. The van der Waals surface area contributed by atoms with Crippen LogP contribution in [0.25, 0.3) is 10.9 Å². The molecule has 1 aliphatic carbocycles. The highest BCUT2D eigenvalue weighted by atomic mass is 35.5. The van der Waals surface area contributed by atoms with Crippen molar-refractivity contribution in [1.29, 1.82) is 0 Å². The number of rotatable bonds is 5. The summed E-state index contributed by atoms with van der Waals surface area (Å²) in [7, 11) is 0. The number of para-hydroxylation sites is 1. The van der Waals surface area contributed by atoms with E-state index in [-0.39, 0.29) is 6.04 Å². The Hall–Kier alpha value is -2.59. The van der Waals surface area contributed by atoms with Gasteiger partial charge in [-0.1, -0.05) is 73.7 Å². The minimum absolute atomic E-state index is 0.102. The molecule has 0 radical (unpaired) electrons. The molecule has 4 rings (SSSR count). The summed E-state index contributed by atoms with van der Waals surface area (Å²) in [5, 5.41) is 4.45. The molecule has 1 aromatic heterocycles. The van der Waals surface area contributed by atoms with Gasteiger partial charge in [-0.05, 0) is 30.5 Å². The topological polar surface area (TPSA) is 51.1 Å². The molecule has 1 heterocycles. The number of carbonyl (C=O) groups excluding carboxylic acids is 2. The second-order valence-electron chi connectivity index (χ2n) is 7.77. The van der Waals surface area contributed by atoms with Crippen LogP contribution in [-0.2, 0) is 11.3 Å². The van der Waals surface area contributed by atoms with Gasteiger partial charge in [-0.3, -0.25) is 9.59 Å². The molecule has 2 aromatic carbocycles. The van der Waals surface area contributed by atoms with Crippen LogP contribution in [0.15, 0.2) is 54.7 Å². The minimum atomic E-state index is -0.502. The van der Waals surface area contributed by atoms with Crippen molar-refractivity contribution in [3.05, 3.63) is 70.9 Å². The lowest BCUT2D eigenvalue weighted by Gasteiger charge is -2.15. The van der Waals surface area contributed by atoms with Crippen molar-refractivity contribution in [3.8, 4) is 0 Å². The SMILES string of the molecule is O=C(NC1CCCCCC1)C(=O)c1cn(Cc2ccccc2Cl)c2ccccc12. The maximum Gasteiger partial charge on any atom is 0.292 e. The van der Waals surface area contributed by atoms with E-state index < -0.39 is 11.7 Å². The van der Waals surface area contributed by atoms with Crippen LogP contribution >= 0.6 is 11.6 Å². The molecule has 5 heteroatoms. The molecule has 0 bridgehead atoms. The summed E-state index contributed by atoms with van der Waals surface area (Å²) in [6.45, 7) is 0.539. The Morgan fingerprint density at radius 1 is 0.966 bits per heavy atom. The molecule has 1 fully saturated rings. The summed E-state index contributed by atoms with van der Waals surface area (Å²) in [4.78, 5) is 25.7. The van der Waals surface area contributed by atoms with Crippen molar-refractivity contribution in [2.24, 2.45) is 0 Å². The van der Waals surface area contributed by atoms with E-state index in [9.17, 15) is 9.59 Å². The standard InChI is InChI=1S/C24H25ClN2O2/c25-21-13-7-5-9-17(21)15-27-16-20(19-12-6-8-14-22(19)27)23(28)24(29)26-18-10-3-1-2-4-11-18/h5-9,12-14,16,18H,1-4,10-11,15H2,(H,26,29). The van der Waals surface area contributed by atoms with E-state index in [0.717, 1.165) is 42.1 Å². The van der Waals surface area contributed by atoms with Crippen LogP contribution in [-0.4, -0.2) is 22.3 Å². The number of hydrogen-bond donors (Lipinski definition) is 1. The lowest BCUT2D eigenvalue weighted by Crippen LogP contribution is -2.39. The Kier molecular flexibility index (Phi) is 6.00. The van der Waals surface area contributed by atoms with Crippen molar-refractivity contribution < 1.29 is 9.59 Å². The van der Waals surface area contributed by atoms with E-state index in [1.54, 1.807) is 6.20 Å². The summed E-state index contributed by atoms with van der Waals surface area (Å²) in [5.74, 6) is -0.971. The summed E-state index contributed by atoms with van der Waals surface area (Å²) in [5.41, 5.74) is 2.33. The highest BCUT2D eigenvalue weighted by Gasteiger charge is 2.24. The van der Waals surface area contributed by atoms with Crippen LogP contribution in [0.2, 0.25) is 5.02 Å². The number of nitrogens with one attached hydrogen (secondary N) is 1. The van der Waals surface area contributed by atoms with Crippen LogP contribution in [0.5, 0.6) is 0 Å². The first-order chi connectivity index (χ1) is 14.1. The Labute approximate surface area is 175 Å². The smallest absolute Gasteiger partial charge is 0.292 e. The summed E-state index contributed by atoms with van der Waals surface area (Å²) in [6.07, 6.45) is 8.31. The monoisotopic (exact) mass is 408 g/mol. The number of aromatic nitrogens is 1. The Balaban J connectivity index is 1.61. The zero-order valence-corrected chi connectivity index (χ0v) is 17.1. The number of fused-ring (bicyclic) bond motifs is 1. The first-order valence-electron chi connectivity index (χ1n) is 10.3. The molecule has 1 aliphatic rings. The van der Waals surface area contributed by atoms with Gasteiger partial charge in [-0.25, -0.2) is 0 Å². The van der Waals surface area contributed by atoms with E-state index in [2.05, 4.69) is 5.32 Å². The summed E-state index contributed by atoms with van der Waals surface area (Å²) < 4.78 is 1.99. The van der Waals surface area contributed by atoms with Gasteiger partial charge in [0.25, 0.3) is 11.7 Å². The van der Waals surface area contributed by atoms with Gasteiger partial charge in [0.2, 0.25) is 0 Å². The van der Waals surface area contributed by atoms with E-state index in [4.69, 9.17) is 11.6 Å². The van der Waals surface area contributed by atoms with Gasteiger partial charge in [-0.15, -0.1) is 0 Å². The van der Waals surface area contributed by atoms with Crippen LogP contribution < -0.4 is 5.32 Å². The predicted molar refractivity (Wildman–Crippen MR) is 116 cm³/mol. The molecule has 29 heavy (non-hydrogen) atoms. The Morgan fingerprint density at radius 2 is 1.66 bits per heavy atom. The third kappa shape index (κ3) is 4.38. The molecule has 1 saturated carbocycles. The summed E-state index contributed by atoms with van der Waals surface area (Å²) in [6, 6.07) is 15.5. The molecule has 0 aliphatic heterocycles. The maximum absolute atomic E-state index is 13.0. The highest BCUT2D eigenvalue weighted by Crippen LogP contribution is 2.25. The highest BCUT2D eigenvalue weighted by molar-refractivity contribution is 6.45. The van der Waals surface area contributed by atoms with Crippen molar-refractivity contribution in [3.63, 3.8) is 0 Å². The van der Waals surface area contributed by atoms with Crippen molar-refractivity contribution in [2.45, 2.75) is 51.1 Å². The number of amides is 1. The molecule has 150 valence electrons. The Morgan fingerprint density at radius 3 is 2.41 bits per heavy atom. The molecule has 0 spiro atoms. The van der Waals surface area contributed by atoms with Gasteiger partial charge in [0.1, 0.15) is 0 Å². The van der Waals surface area contributed by atoms with Crippen molar-refractivity contribution >= 4 is 34.2 Å². The quantitative estimate of drug-likeness (QED) is 0.350. The van der Waals surface area contributed by atoms with E-state index >= 15 is 0 Å². The van der Waals surface area contributed by atoms with E-state index in [1.807, 2.05) is 53.1 Å². The number of nitrogens with zero attached hydrogens (tertiary/aromatic N) is 1. The Bertz CT molecular complexity index is 1030. The number of carbonyl (C=O) groups is 2. The number of ketones is 1. The van der Waals surface area contributed by atoms with Gasteiger partial charge in [0.05, 0.1) is 5.56 Å². The fraction of sp³-hybridized carbons (Fsp3) is 0.333.